The molecular formula is C11H15N5O2. The van der Waals surface area contributed by atoms with E-state index in [0.717, 1.165) is 0 Å². The van der Waals surface area contributed by atoms with Gasteiger partial charge in [0.1, 0.15) is 6.33 Å². The fourth-order valence-electron chi connectivity index (χ4n) is 1.44. The Morgan fingerprint density at radius 1 is 1.50 bits per heavy atom. The first-order chi connectivity index (χ1) is 8.59. The van der Waals surface area contributed by atoms with Crippen molar-refractivity contribution < 1.29 is 9.63 Å². The molecule has 0 fully saturated rings. The van der Waals surface area contributed by atoms with Crippen LogP contribution in [0.4, 0.5) is 0 Å². The van der Waals surface area contributed by atoms with Gasteiger partial charge >= 0.3 is 0 Å². The summed E-state index contributed by atoms with van der Waals surface area (Å²) in [7, 11) is 0. The second kappa shape index (κ2) is 5.09. The second-order valence-electron chi connectivity index (χ2n) is 4.37. The predicted octanol–water partition coefficient (Wildman–Crippen LogP) is 0.750. The zero-order valence-electron chi connectivity index (χ0n) is 10.5. The maximum atomic E-state index is 11.9. The monoisotopic (exact) mass is 249 g/mol. The Balaban J connectivity index is 2.15. The topological polar surface area (TPSA) is 81.4 Å². The molecule has 0 bridgehead atoms. The van der Waals surface area contributed by atoms with E-state index >= 15 is 0 Å². The van der Waals surface area contributed by atoms with Gasteiger partial charge < -0.3 is 0 Å². The van der Waals surface area contributed by atoms with Gasteiger partial charge in [-0.3, -0.25) is 9.63 Å². The summed E-state index contributed by atoms with van der Waals surface area (Å²) >= 11 is 0. The molecular weight excluding hydrogens is 234 g/mol. The number of carbonyl (C=O) groups is 1. The average Bonchev–Trinajstić information content (AvgIpc) is 2.77. The van der Waals surface area contributed by atoms with Gasteiger partial charge in [0.2, 0.25) is 0 Å². The molecule has 0 spiro atoms. The highest BCUT2D eigenvalue weighted by atomic mass is 16.6. The molecule has 0 unspecified atom stereocenters. The molecule has 0 saturated carbocycles. The molecule has 2 rings (SSSR count). The van der Waals surface area contributed by atoms with Crippen molar-refractivity contribution in [2.75, 3.05) is 6.61 Å². The summed E-state index contributed by atoms with van der Waals surface area (Å²) in [6, 6.07) is 0. The number of hydrogen-bond acceptors (Lipinski definition) is 5. The van der Waals surface area contributed by atoms with Crippen LogP contribution in [0, 0.1) is 12.8 Å². The van der Waals surface area contributed by atoms with Crippen LogP contribution < -0.4 is 5.48 Å². The summed E-state index contributed by atoms with van der Waals surface area (Å²) in [5.41, 5.74) is 3.47. The summed E-state index contributed by atoms with van der Waals surface area (Å²) in [6.45, 7) is 6.24. The van der Waals surface area contributed by atoms with E-state index in [-0.39, 0.29) is 5.91 Å². The van der Waals surface area contributed by atoms with Gasteiger partial charge in [0.05, 0.1) is 17.9 Å². The van der Waals surface area contributed by atoms with E-state index in [4.69, 9.17) is 4.84 Å². The van der Waals surface area contributed by atoms with Crippen molar-refractivity contribution in [1.29, 1.82) is 0 Å². The molecule has 0 saturated heterocycles. The highest BCUT2D eigenvalue weighted by molar-refractivity contribution is 5.94. The molecule has 0 aromatic carbocycles. The minimum Gasteiger partial charge on any atom is -0.273 e. The van der Waals surface area contributed by atoms with E-state index < -0.39 is 0 Å². The second-order valence-corrected chi connectivity index (χ2v) is 4.37. The smallest absolute Gasteiger partial charge is 0.273 e. The van der Waals surface area contributed by atoms with Crippen LogP contribution in [-0.4, -0.2) is 32.1 Å². The van der Waals surface area contributed by atoms with Crippen LogP contribution in [0.1, 0.15) is 29.9 Å². The third-order valence-corrected chi connectivity index (χ3v) is 2.37. The number of carbonyl (C=O) groups excluding carboxylic acids is 1. The van der Waals surface area contributed by atoms with Gasteiger partial charge in [-0.25, -0.2) is 15.0 Å². The fraction of sp³-hybridized carbons (Fsp3) is 0.455. The molecule has 0 atom stereocenters. The molecule has 2 heterocycles. The summed E-state index contributed by atoms with van der Waals surface area (Å²) in [4.78, 5) is 24.9. The Hall–Kier alpha value is -2.02. The lowest BCUT2D eigenvalue weighted by Gasteiger charge is -2.09. The van der Waals surface area contributed by atoms with Crippen LogP contribution in [0.15, 0.2) is 12.5 Å². The van der Waals surface area contributed by atoms with Gasteiger partial charge in [0.25, 0.3) is 11.7 Å². The Kier molecular flexibility index (Phi) is 3.52. The van der Waals surface area contributed by atoms with Crippen LogP contribution in [0.3, 0.4) is 0 Å². The molecule has 18 heavy (non-hydrogen) atoms. The van der Waals surface area contributed by atoms with E-state index in [1.165, 1.54) is 17.0 Å². The standard InChI is InChI=1S/C11H15N5O2/c1-7(2)5-18-15-10(17)9-4-12-11-13-6-14-16(11)8(9)3/h4,6-7H,5H2,1-3H3,(H,15,17). The van der Waals surface area contributed by atoms with E-state index in [9.17, 15) is 4.79 Å². The molecule has 0 aliphatic rings. The van der Waals surface area contributed by atoms with E-state index in [1.807, 2.05) is 13.8 Å². The molecule has 0 aliphatic carbocycles. The Labute approximate surface area is 104 Å². The quantitative estimate of drug-likeness (QED) is 0.809. The van der Waals surface area contributed by atoms with Crippen molar-refractivity contribution in [2.24, 2.45) is 5.92 Å². The van der Waals surface area contributed by atoms with Crippen LogP contribution in [0.5, 0.6) is 0 Å². The van der Waals surface area contributed by atoms with Gasteiger partial charge in [-0.2, -0.15) is 10.1 Å². The van der Waals surface area contributed by atoms with Gasteiger partial charge in [0.15, 0.2) is 0 Å². The van der Waals surface area contributed by atoms with Gasteiger partial charge in [-0.15, -0.1) is 0 Å². The number of amides is 1. The predicted molar refractivity (Wildman–Crippen MR) is 63.8 cm³/mol. The SMILES string of the molecule is Cc1c(C(=O)NOCC(C)C)cnc2ncnn12. The van der Waals surface area contributed by atoms with Crippen LogP contribution in [-0.2, 0) is 4.84 Å². The minimum absolute atomic E-state index is 0.335. The third kappa shape index (κ3) is 2.45. The molecule has 7 nitrogen and oxygen atoms in total. The lowest BCUT2D eigenvalue weighted by Crippen LogP contribution is -2.27. The first-order valence-corrected chi connectivity index (χ1v) is 5.67. The Bertz CT molecular complexity index is 564. The third-order valence-electron chi connectivity index (χ3n) is 2.37. The molecule has 0 radical (unpaired) electrons. The van der Waals surface area contributed by atoms with Crippen molar-refractivity contribution in [3.63, 3.8) is 0 Å². The number of hydroxylamine groups is 1. The molecule has 2 aromatic heterocycles. The zero-order valence-corrected chi connectivity index (χ0v) is 10.5. The average molecular weight is 249 g/mol. The Morgan fingerprint density at radius 2 is 2.28 bits per heavy atom. The van der Waals surface area contributed by atoms with E-state index in [1.54, 1.807) is 6.92 Å². The summed E-state index contributed by atoms with van der Waals surface area (Å²) < 4.78 is 1.51. The van der Waals surface area contributed by atoms with Crippen molar-refractivity contribution >= 4 is 11.7 Å². The molecule has 1 N–H and O–H groups in total. The first kappa shape index (κ1) is 12.4. The number of fused-ring (bicyclic) bond motifs is 1. The zero-order chi connectivity index (χ0) is 13.1. The highest BCUT2D eigenvalue weighted by Gasteiger charge is 2.13. The summed E-state index contributed by atoms with van der Waals surface area (Å²) in [6.07, 6.45) is 2.86. The number of hydrogen-bond donors (Lipinski definition) is 1. The van der Waals surface area contributed by atoms with E-state index in [0.29, 0.717) is 29.6 Å². The fourth-order valence-corrected chi connectivity index (χ4v) is 1.44. The van der Waals surface area contributed by atoms with E-state index in [2.05, 4.69) is 20.5 Å². The lowest BCUT2D eigenvalue weighted by atomic mass is 10.2. The lowest BCUT2D eigenvalue weighted by molar-refractivity contribution is 0.0207. The molecule has 7 heteroatoms. The van der Waals surface area contributed by atoms with Crippen LogP contribution in [0.2, 0.25) is 0 Å². The van der Waals surface area contributed by atoms with Crippen molar-refractivity contribution in [3.05, 3.63) is 23.8 Å². The van der Waals surface area contributed by atoms with Crippen molar-refractivity contribution in [2.45, 2.75) is 20.8 Å². The molecule has 0 aliphatic heterocycles. The number of rotatable bonds is 4. The normalized spacial score (nSPS) is 11.1. The number of aryl methyl sites for hydroxylation is 1. The largest absolute Gasteiger partial charge is 0.278 e. The number of aromatic nitrogens is 4. The van der Waals surface area contributed by atoms with Crippen molar-refractivity contribution in [1.82, 2.24) is 25.1 Å². The summed E-state index contributed by atoms with van der Waals surface area (Å²) in [5, 5.41) is 3.99. The molecule has 1 amide bonds. The first-order valence-electron chi connectivity index (χ1n) is 5.67. The van der Waals surface area contributed by atoms with Gasteiger partial charge in [-0.1, -0.05) is 13.8 Å². The maximum Gasteiger partial charge on any atom is 0.278 e. The molecule has 2 aromatic rings. The number of nitrogens with one attached hydrogen (secondary N) is 1. The van der Waals surface area contributed by atoms with Gasteiger partial charge in [-0.05, 0) is 12.8 Å². The highest BCUT2D eigenvalue weighted by Crippen LogP contribution is 2.07. The summed E-state index contributed by atoms with van der Waals surface area (Å²) in [5.74, 6) is 0.479. The molecule has 96 valence electrons. The Morgan fingerprint density at radius 3 is 3.00 bits per heavy atom. The van der Waals surface area contributed by atoms with Crippen LogP contribution >= 0.6 is 0 Å². The van der Waals surface area contributed by atoms with Crippen LogP contribution in [0.25, 0.3) is 5.78 Å². The van der Waals surface area contributed by atoms with Crippen molar-refractivity contribution in [3.8, 4) is 0 Å². The minimum atomic E-state index is -0.335. The maximum absolute atomic E-state index is 11.9. The number of nitrogens with zero attached hydrogens (tertiary/aromatic N) is 4. The van der Waals surface area contributed by atoms with Gasteiger partial charge in [0, 0.05) is 6.20 Å².